The second-order valence-corrected chi connectivity index (χ2v) is 7.25. The number of aryl methyl sites for hydroxylation is 1. The minimum Gasteiger partial charge on any atom is -0.506 e. The average Bonchev–Trinajstić information content (AvgIpc) is 2.55. The summed E-state index contributed by atoms with van der Waals surface area (Å²) >= 11 is 3.26. The van der Waals surface area contributed by atoms with Crippen molar-refractivity contribution in [3.8, 4) is 5.75 Å². The fourth-order valence-corrected chi connectivity index (χ4v) is 3.06. The van der Waals surface area contributed by atoms with E-state index in [4.69, 9.17) is 4.74 Å². The fourth-order valence-electron chi connectivity index (χ4n) is 2.49. The molecule has 0 bridgehead atoms. The number of hydrogen-bond acceptors (Lipinski definition) is 4. The normalized spacial score (nSPS) is 14.9. The highest BCUT2D eigenvalue weighted by atomic mass is 79.9. The molecule has 1 aliphatic heterocycles. The van der Waals surface area contributed by atoms with Crippen LogP contribution in [0.25, 0.3) is 0 Å². The maximum Gasteiger partial charge on any atom is 0.409 e. The Kier molecular flexibility index (Phi) is 6.10. The second-order valence-electron chi connectivity index (χ2n) is 6.39. The monoisotopic (exact) mass is 398 g/mol. The number of carbonyl (C=O) groups excluding carboxylic acids is 2. The average molecular weight is 399 g/mol. The van der Waals surface area contributed by atoms with Gasteiger partial charge < -0.3 is 19.6 Å². The van der Waals surface area contributed by atoms with E-state index in [1.54, 1.807) is 21.9 Å². The topological polar surface area (TPSA) is 70.1 Å². The van der Waals surface area contributed by atoms with Crippen molar-refractivity contribution in [2.45, 2.75) is 20.8 Å². The molecule has 1 aromatic carbocycles. The molecule has 0 radical (unpaired) electrons. The van der Waals surface area contributed by atoms with Crippen LogP contribution < -0.4 is 0 Å². The summed E-state index contributed by atoms with van der Waals surface area (Å²) in [6.07, 6.45) is -0.336. The van der Waals surface area contributed by atoms with Gasteiger partial charge in [0.2, 0.25) is 0 Å². The smallest absolute Gasteiger partial charge is 0.409 e. The molecule has 1 aromatic rings. The van der Waals surface area contributed by atoms with Crippen molar-refractivity contribution in [1.82, 2.24) is 9.80 Å². The third kappa shape index (κ3) is 4.41. The highest BCUT2D eigenvalue weighted by Crippen LogP contribution is 2.30. The lowest BCUT2D eigenvalue weighted by atomic mass is 10.1. The predicted molar refractivity (Wildman–Crippen MR) is 94.2 cm³/mol. The van der Waals surface area contributed by atoms with E-state index in [9.17, 15) is 14.7 Å². The van der Waals surface area contributed by atoms with Gasteiger partial charge in [0, 0.05) is 26.2 Å². The summed E-state index contributed by atoms with van der Waals surface area (Å²) in [7, 11) is 0. The molecule has 0 atom stereocenters. The highest BCUT2D eigenvalue weighted by molar-refractivity contribution is 9.10. The Morgan fingerprint density at radius 1 is 1.21 bits per heavy atom. The van der Waals surface area contributed by atoms with Gasteiger partial charge in [-0.1, -0.05) is 13.8 Å². The highest BCUT2D eigenvalue weighted by Gasteiger charge is 2.27. The van der Waals surface area contributed by atoms with Crippen LogP contribution in [0, 0.1) is 12.8 Å². The third-order valence-corrected chi connectivity index (χ3v) is 4.41. The van der Waals surface area contributed by atoms with Crippen molar-refractivity contribution in [3.63, 3.8) is 0 Å². The van der Waals surface area contributed by atoms with Gasteiger partial charge in [-0.05, 0) is 46.5 Å². The van der Waals surface area contributed by atoms with Gasteiger partial charge in [-0.2, -0.15) is 0 Å². The van der Waals surface area contributed by atoms with Crippen molar-refractivity contribution >= 4 is 27.9 Å². The van der Waals surface area contributed by atoms with Gasteiger partial charge in [-0.15, -0.1) is 0 Å². The van der Waals surface area contributed by atoms with Crippen LogP contribution in [0.1, 0.15) is 29.8 Å². The number of phenols is 1. The summed E-state index contributed by atoms with van der Waals surface area (Å²) in [4.78, 5) is 27.8. The Hall–Kier alpha value is -1.76. The molecule has 7 heteroatoms. The molecule has 1 aliphatic rings. The number of phenolic OH excluding ortho intramolecular Hbond substituents is 1. The molecule has 2 rings (SSSR count). The molecule has 1 N–H and O–H groups in total. The number of ether oxygens (including phenoxy) is 1. The Bertz CT molecular complexity index is 625. The molecule has 1 heterocycles. The zero-order chi connectivity index (χ0) is 17.9. The van der Waals surface area contributed by atoms with Crippen molar-refractivity contribution in [2.75, 3.05) is 32.8 Å². The van der Waals surface area contributed by atoms with E-state index in [-0.39, 0.29) is 23.3 Å². The van der Waals surface area contributed by atoms with E-state index in [0.717, 1.165) is 5.56 Å². The summed E-state index contributed by atoms with van der Waals surface area (Å²) in [5.41, 5.74) is 1.16. The van der Waals surface area contributed by atoms with Gasteiger partial charge in [-0.25, -0.2) is 4.79 Å². The maximum absolute atomic E-state index is 12.6. The Morgan fingerprint density at radius 3 is 2.38 bits per heavy atom. The number of aromatic hydroxyl groups is 1. The molecule has 6 nitrogen and oxygen atoms in total. The molecule has 1 saturated heterocycles. The maximum atomic E-state index is 12.6. The van der Waals surface area contributed by atoms with E-state index in [2.05, 4.69) is 15.9 Å². The van der Waals surface area contributed by atoms with E-state index >= 15 is 0 Å². The van der Waals surface area contributed by atoms with Crippen LogP contribution in [0.2, 0.25) is 0 Å². The standard InChI is InChI=1S/C17H23BrN2O4/c1-11(2)10-24-17(23)20-6-4-19(5-7-20)16(22)13-8-12(3)9-14(18)15(13)21/h8-9,11,21H,4-7,10H2,1-3H3. The number of halogens is 1. The number of hydrogen-bond donors (Lipinski definition) is 1. The molecule has 0 unspecified atom stereocenters. The van der Waals surface area contributed by atoms with E-state index < -0.39 is 0 Å². The summed E-state index contributed by atoms with van der Waals surface area (Å²) in [6, 6.07) is 3.43. The molecule has 0 aliphatic carbocycles. The first-order valence-electron chi connectivity index (χ1n) is 7.99. The van der Waals surface area contributed by atoms with Crippen molar-refractivity contribution in [2.24, 2.45) is 5.92 Å². The Labute approximate surface area is 150 Å². The molecular weight excluding hydrogens is 376 g/mol. The van der Waals surface area contributed by atoms with Gasteiger partial charge in [0.1, 0.15) is 5.75 Å². The number of carbonyl (C=O) groups is 2. The Balaban J connectivity index is 1.97. The van der Waals surface area contributed by atoms with Crippen LogP contribution in [0.15, 0.2) is 16.6 Å². The zero-order valence-electron chi connectivity index (χ0n) is 14.2. The quantitative estimate of drug-likeness (QED) is 0.849. The first-order valence-corrected chi connectivity index (χ1v) is 8.79. The molecule has 0 saturated carbocycles. The first-order chi connectivity index (χ1) is 11.3. The minimum absolute atomic E-state index is 0.0515. The molecule has 2 amide bonds. The molecule has 0 spiro atoms. The largest absolute Gasteiger partial charge is 0.506 e. The SMILES string of the molecule is Cc1cc(Br)c(O)c(C(=O)N2CCN(C(=O)OCC(C)C)CC2)c1. The molecular formula is C17H23BrN2O4. The molecule has 132 valence electrons. The number of benzene rings is 1. The summed E-state index contributed by atoms with van der Waals surface area (Å²) < 4.78 is 5.71. The second kappa shape index (κ2) is 7.88. The number of amides is 2. The fraction of sp³-hybridized carbons (Fsp3) is 0.529. The Morgan fingerprint density at radius 2 is 1.79 bits per heavy atom. The summed E-state index contributed by atoms with van der Waals surface area (Å²) in [6.45, 7) is 7.91. The summed E-state index contributed by atoms with van der Waals surface area (Å²) in [5, 5.41) is 10.1. The molecule has 1 fully saturated rings. The van der Waals surface area contributed by atoms with Crippen LogP contribution in [0.5, 0.6) is 5.75 Å². The van der Waals surface area contributed by atoms with Crippen LogP contribution in [0.4, 0.5) is 4.79 Å². The lowest BCUT2D eigenvalue weighted by Crippen LogP contribution is -2.50. The number of nitrogens with zero attached hydrogens (tertiary/aromatic N) is 2. The number of piperazine rings is 1. The zero-order valence-corrected chi connectivity index (χ0v) is 15.8. The van der Waals surface area contributed by atoms with Crippen LogP contribution >= 0.6 is 15.9 Å². The van der Waals surface area contributed by atoms with Gasteiger partial charge in [-0.3, -0.25) is 4.79 Å². The van der Waals surface area contributed by atoms with E-state index in [1.807, 2.05) is 20.8 Å². The first kappa shape index (κ1) is 18.6. The summed E-state index contributed by atoms with van der Waals surface area (Å²) in [5.74, 6) is 0.0102. The van der Waals surface area contributed by atoms with Crippen LogP contribution in [-0.2, 0) is 4.74 Å². The van der Waals surface area contributed by atoms with Crippen molar-refractivity contribution in [1.29, 1.82) is 0 Å². The van der Waals surface area contributed by atoms with Crippen molar-refractivity contribution in [3.05, 3.63) is 27.7 Å². The minimum atomic E-state index is -0.336. The van der Waals surface area contributed by atoms with Gasteiger partial charge in [0.25, 0.3) is 5.91 Å². The van der Waals surface area contributed by atoms with E-state index in [0.29, 0.717) is 43.2 Å². The lowest BCUT2D eigenvalue weighted by molar-refractivity contribution is 0.0533. The predicted octanol–water partition coefficient (Wildman–Crippen LogP) is 3.01. The van der Waals surface area contributed by atoms with Gasteiger partial charge >= 0.3 is 6.09 Å². The lowest BCUT2D eigenvalue weighted by Gasteiger charge is -2.34. The van der Waals surface area contributed by atoms with Crippen LogP contribution in [0.3, 0.4) is 0 Å². The van der Waals surface area contributed by atoms with Crippen LogP contribution in [-0.4, -0.2) is 59.7 Å². The number of rotatable bonds is 3. The van der Waals surface area contributed by atoms with E-state index in [1.165, 1.54) is 0 Å². The van der Waals surface area contributed by atoms with Gasteiger partial charge in [0.15, 0.2) is 0 Å². The van der Waals surface area contributed by atoms with Gasteiger partial charge in [0.05, 0.1) is 16.6 Å². The van der Waals surface area contributed by atoms with Crippen molar-refractivity contribution < 1.29 is 19.4 Å². The molecule has 0 aromatic heterocycles. The third-order valence-electron chi connectivity index (χ3n) is 3.80. The molecule has 24 heavy (non-hydrogen) atoms.